The summed E-state index contributed by atoms with van der Waals surface area (Å²) >= 11 is 7.59. The van der Waals surface area contributed by atoms with Gasteiger partial charge in [0, 0.05) is 22.8 Å². The molecule has 2 aliphatic heterocycles. The van der Waals surface area contributed by atoms with E-state index in [4.69, 9.17) is 21.7 Å². The summed E-state index contributed by atoms with van der Waals surface area (Å²) in [6.07, 6.45) is 2.49. The zero-order valence-electron chi connectivity index (χ0n) is 18.6. The molecular weight excluding hydrogens is 446 g/mol. The Bertz CT molecular complexity index is 1230. The standard InChI is InChI=1S/C23H24ClN5O2S/c1-12(2)8-20-27-29-21(25)17(22(30)26-23(29)32-20)10-15-9-13(3)28(14(15)4)18-11-16(24)6-7-19(18)31-5/h6-7,9-12,25H,8H2,1-5H3/b17-10+,25-21?. The summed E-state index contributed by atoms with van der Waals surface area (Å²) in [4.78, 5) is 17.0. The highest BCUT2D eigenvalue weighted by Crippen LogP contribution is 2.33. The van der Waals surface area contributed by atoms with E-state index in [0.717, 1.165) is 34.1 Å². The van der Waals surface area contributed by atoms with Crippen LogP contribution in [0.5, 0.6) is 5.75 Å². The van der Waals surface area contributed by atoms with Crippen LogP contribution < -0.4 is 4.74 Å². The van der Waals surface area contributed by atoms with Crippen LogP contribution in [0.4, 0.5) is 0 Å². The second kappa shape index (κ2) is 8.60. The number of aliphatic imine (C=N–C) groups is 1. The van der Waals surface area contributed by atoms with Gasteiger partial charge < -0.3 is 9.30 Å². The van der Waals surface area contributed by atoms with Gasteiger partial charge >= 0.3 is 0 Å². The number of amidine groups is 2. The molecule has 0 radical (unpaired) electrons. The Hall–Kier alpha value is -2.84. The van der Waals surface area contributed by atoms with Crippen molar-refractivity contribution in [3.8, 4) is 11.4 Å². The van der Waals surface area contributed by atoms with Gasteiger partial charge in [-0.15, -0.1) is 0 Å². The molecule has 9 heteroatoms. The molecule has 1 aromatic carbocycles. The predicted molar refractivity (Wildman–Crippen MR) is 131 cm³/mol. The van der Waals surface area contributed by atoms with Gasteiger partial charge in [-0.25, -0.2) is 0 Å². The molecule has 1 N–H and O–H groups in total. The first-order valence-electron chi connectivity index (χ1n) is 10.2. The number of rotatable bonds is 5. The van der Waals surface area contributed by atoms with E-state index in [0.29, 0.717) is 21.9 Å². The minimum atomic E-state index is -0.431. The number of methoxy groups -OCH3 is 1. The van der Waals surface area contributed by atoms with Crippen LogP contribution in [0.15, 0.2) is 39.9 Å². The van der Waals surface area contributed by atoms with Crippen molar-refractivity contribution >= 4 is 51.4 Å². The lowest BCUT2D eigenvalue weighted by Gasteiger charge is -2.20. The first-order chi connectivity index (χ1) is 15.2. The van der Waals surface area contributed by atoms with Crippen molar-refractivity contribution in [2.45, 2.75) is 34.1 Å². The summed E-state index contributed by atoms with van der Waals surface area (Å²) < 4.78 is 7.54. The van der Waals surface area contributed by atoms with Crippen LogP contribution >= 0.6 is 23.4 Å². The lowest BCUT2D eigenvalue weighted by molar-refractivity contribution is -0.114. The van der Waals surface area contributed by atoms with Gasteiger partial charge in [-0.05, 0) is 67.4 Å². The van der Waals surface area contributed by atoms with Crippen molar-refractivity contribution in [3.63, 3.8) is 0 Å². The van der Waals surface area contributed by atoms with Crippen LogP contribution in [0.2, 0.25) is 5.02 Å². The number of amides is 1. The Morgan fingerprint density at radius 3 is 2.72 bits per heavy atom. The Kier molecular flexibility index (Phi) is 6.01. The summed E-state index contributed by atoms with van der Waals surface area (Å²) in [5.41, 5.74) is 3.68. The fourth-order valence-corrected chi connectivity index (χ4v) is 5.02. The Balaban J connectivity index is 1.74. The molecular formula is C23H24ClN5O2S. The van der Waals surface area contributed by atoms with Gasteiger partial charge in [0.05, 0.1) is 18.4 Å². The van der Waals surface area contributed by atoms with Crippen molar-refractivity contribution in [1.29, 1.82) is 5.41 Å². The number of fused-ring (bicyclic) bond motifs is 1. The van der Waals surface area contributed by atoms with Gasteiger partial charge in [-0.2, -0.15) is 15.1 Å². The average Bonchev–Trinajstić information content (AvgIpc) is 3.24. The van der Waals surface area contributed by atoms with Gasteiger partial charge in [0.25, 0.3) is 5.91 Å². The summed E-state index contributed by atoms with van der Waals surface area (Å²) in [5, 5.41) is 16.5. The number of hydrazone groups is 1. The molecule has 4 rings (SSSR count). The van der Waals surface area contributed by atoms with Gasteiger partial charge in [-0.3, -0.25) is 10.2 Å². The number of benzene rings is 1. The molecule has 2 aromatic rings. The number of carbonyl (C=O) groups excluding carboxylic acids is 1. The molecule has 0 saturated carbocycles. The molecule has 1 aromatic heterocycles. The van der Waals surface area contributed by atoms with Gasteiger partial charge in [0.1, 0.15) is 10.8 Å². The minimum Gasteiger partial charge on any atom is -0.495 e. The average molecular weight is 470 g/mol. The number of hydrogen-bond donors (Lipinski definition) is 1. The molecule has 2 aliphatic rings. The maximum atomic E-state index is 12.8. The Morgan fingerprint density at radius 1 is 1.28 bits per heavy atom. The van der Waals surface area contributed by atoms with Gasteiger partial charge in [-0.1, -0.05) is 25.4 Å². The van der Waals surface area contributed by atoms with E-state index in [9.17, 15) is 4.79 Å². The third-order valence-electron chi connectivity index (χ3n) is 5.23. The number of aromatic nitrogens is 1. The number of halogens is 1. The van der Waals surface area contributed by atoms with Crippen LogP contribution in [0, 0.1) is 25.2 Å². The third kappa shape index (κ3) is 4.00. The number of carbonyl (C=O) groups is 1. The van der Waals surface area contributed by atoms with Crippen LogP contribution in [0.1, 0.15) is 37.2 Å². The van der Waals surface area contributed by atoms with Gasteiger partial charge in [0.15, 0.2) is 5.84 Å². The second-order valence-corrected chi connectivity index (χ2v) is 9.57. The monoisotopic (exact) mass is 469 g/mol. The predicted octanol–water partition coefficient (Wildman–Crippen LogP) is 5.42. The fourth-order valence-electron chi connectivity index (χ4n) is 3.76. The van der Waals surface area contributed by atoms with Crippen molar-refractivity contribution in [2.24, 2.45) is 16.0 Å². The molecule has 1 amide bonds. The van der Waals surface area contributed by atoms with Crippen LogP contribution in [-0.2, 0) is 4.79 Å². The lowest BCUT2D eigenvalue weighted by atomic mass is 10.1. The normalized spacial score (nSPS) is 17.2. The molecule has 0 spiro atoms. The second-order valence-electron chi connectivity index (χ2n) is 8.09. The molecule has 0 saturated heterocycles. The maximum Gasteiger partial charge on any atom is 0.283 e. The van der Waals surface area contributed by atoms with E-state index in [1.54, 1.807) is 19.3 Å². The highest BCUT2D eigenvalue weighted by Gasteiger charge is 2.35. The molecule has 0 fully saturated rings. The first kappa shape index (κ1) is 22.4. The summed E-state index contributed by atoms with van der Waals surface area (Å²) in [6, 6.07) is 7.41. The number of ether oxygens (including phenoxy) is 1. The molecule has 166 valence electrons. The van der Waals surface area contributed by atoms with E-state index >= 15 is 0 Å². The van der Waals surface area contributed by atoms with Crippen molar-refractivity contribution in [1.82, 2.24) is 9.58 Å². The quantitative estimate of drug-likeness (QED) is 0.592. The number of nitrogens with zero attached hydrogens (tertiary/aromatic N) is 4. The molecule has 0 atom stereocenters. The Labute approximate surface area is 196 Å². The Morgan fingerprint density at radius 2 is 2.03 bits per heavy atom. The number of nitrogens with one attached hydrogen (secondary N) is 1. The summed E-state index contributed by atoms with van der Waals surface area (Å²) in [5.74, 6) is 0.723. The largest absolute Gasteiger partial charge is 0.495 e. The van der Waals surface area contributed by atoms with Crippen LogP contribution in [0.3, 0.4) is 0 Å². The topological polar surface area (TPSA) is 83.0 Å². The number of thioether (sulfide) groups is 1. The highest BCUT2D eigenvalue weighted by atomic mass is 35.5. The smallest absolute Gasteiger partial charge is 0.283 e. The van der Waals surface area contributed by atoms with E-state index in [-0.39, 0.29) is 11.4 Å². The van der Waals surface area contributed by atoms with E-state index in [1.807, 2.05) is 36.6 Å². The van der Waals surface area contributed by atoms with Crippen molar-refractivity contribution in [3.05, 3.63) is 51.8 Å². The molecule has 32 heavy (non-hydrogen) atoms. The molecule has 3 heterocycles. The maximum absolute atomic E-state index is 12.8. The summed E-state index contributed by atoms with van der Waals surface area (Å²) in [6.45, 7) is 8.14. The van der Waals surface area contributed by atoms with E-state index in [2.05, 4.69) is 23.9 Å². The minimum absolute atomic E-state index is 0.0383. The van der Waals surface area contributed by atoms with Crippen LogP contribution in [-0.4, -0.2) is 38.6 Å². The molecule has 7 nitrogen and oxygen atoms in total. The van der Waals surface area contributed by atoms with Crippen molar-refractivity contribution < 1.29 is 9.53 Å². The highest BCUT2D eigenvalue weighted by molar-refractivity contribution is 8.26. The molecule has 0 unspecified atom stereocenters. The summed E-state index contributed by atoms with van der Waals surface area (Å²) in [7, 11) is 1.61. The first-order valence-corrected chi connectivity index (χ1v) is 11.4. The third-order valence-corrected chi connectivity index (χ3v) is 6.40. The zero-order chi connectivity index (χ0) is 23.2. The number of aryl methyl sites for hydroxylation is 1. The zero-order valence-corrected chi connectivity index (χ0v) is 20.1. The van der Waals surface area contributed by atoms with Crippen molar-refractivity contribution in [2.75, 3.05) is 7.11 Å². The lowest BCUT2D eigenvalue weighted by Crippen LogP contribution is -2.35. The molecule has 0 aliphatic carbocycles. The SMILES string of the molecule is COc1ccc(Cl)cc1-n1c(C)cc(/C=C2\C(=N)N3N=C(CC(C)C)SC3=NC2=O)c1C. The van der Waals surface area contributed by atoms with E-state index in [1.165, 1.54) is 16.8 Å². The van der Waals surface area contributed by atoms with Gasteiger partial charge in [0.2, 0.25) is 5.17 Å². The number of hydrogen-bond acceptors (Lipinski definition) is 5. The van der Waals surface area contributed by atoms with Crippen LogP contribution in [0.25, 0.3) is 11.8 Å². The molecule has 0 bridgehead atoms. The van der Waals surface area contributed by atoms with E-state index < -0.39 is 5.91 Å². The fraction of sp³-hybridized carbons (Fsp3) is 0.304.